The van der Waals surface area contributed by atoms with E-state index >= 15 is 0 Å². The second-order valence-corrected chi connectivity index (χ2v) is 9.33. The molecule has 35 heavy (non-hydrogen) atoms. The number of nitrogens with one attached hydrogen (secondary N) is 1. The molecule has 176 valence electrons. The van der Waals surface area contributed by atoms with E-state index in [1.807, 2.05) is 12.1 Å². The first-order valence-corrected chi connectivity index (χ1v) is 12.1. The van der Waals surface area contributed by atoms with Gasteiger partial charge in [-0.3, -0.25) is 14.2 Å². The molecule has 0 bridgehead atoms. The summed E-state index contributed by atoms with van der Waals surface area (Å²) in [5.74, 6) is 0.515. The summed E-state index contributed by atoms with van der Waals surface area (Å²) in [5.41, 5.74) is 1.83. The molecule has 1 N–H and O–H groups in total. The maximum Gasteiger partial charge on any atom is 0.336 e. The topological polar surface area (TPSA) is 86.2 Å². The fourth-order valence-corrected chi connectivity index (χ4v) is 4.93. The van der Waals surface area contributed by atoms with Crippen LogP contribution >= 0.6 is 22.9 Å². The van der Waals surface area contributed by atoms with E-state index < -0.39 is 5.69 Å². The van der Waals surface area contributed by atoms with Crippen molar-refractivity contribution in [2.75, 3.05) is 0 Å². The van der Waals surface area contributed by atoms with Gasteiger partial charge in [-0.15, -0.1) is 11.3 Å². The smallest absolute Gasteiger partial charge is 0.336 e. The number of nitrogens with zero attached hydrogens (tertiary/aromatic N) is 2. The number of benzene rings is 2. The van der Waals surface area contributed by atoms with Crippen LogP contribution in [0.25, 0.3) is 15.9 Å². The van der Waals surface area contributed by atoms with Crippen molar-refractivity contribution in [3.8, 4) is 5.69 Å². The Kier molecular flexibility index (Phi) is 6.39. The Labute approximate surface area is 208 Å². The summed E-state index contributed by atoms with van der Waals surface area (Å²) in [6.45, 7) is 0.590. The van der Waals surface area contributed by atoms with Gasteiger partial charge in [0.25, 0.3) is 5.56 Å². The third-order valence-corrected chi connectivity index (χ3v) is 6.71. The lowest BCUT2D eigenvalue weighted by Crippen LogP contribution is -2.38. The van der Waals surface area contributed by atoms with E-state index in [2.05, 4.69) is 5.32 Å². The van der Waals surface area contributed by atoms with Crippen LogP contribution in [-0.2, 0) is 24.3 Å². The van der Waals surface area contributed by atoms with Gasteiger partial charge in [0.15, 0.2) is 0 Å². The maximum absolute atomic E-state index is 13.5. The molecule has 0 fully saturated rings. The molecule has 1 amide bonds. The molecule has 3 heterocycles. The summed E-state index contributed by atoms with van der Waals surface area (Å²) in [4.78, 5) is 38.9. The molecule has 0 saturated carbocycles. The number of hydrogen-bond donors (Lipinski definition) is 1. The molecule has 3 aromatic heterocycles. The number of aromatic nitrogens is 2. The molecule has 0 radical (unpaired) electrons. The zero-order chi connectivity index (χ0) is 24.4. The molecule has 9 heteroatoms. The number of carbonyl (C=O) groups is 1. The molecule has 0 aliphatic heterocycles. The van der Waals surface area contributed by atoms with Crippen LogP contribution in [0.4, 0.5) is 0 Å². The van der Waals surface area contributed by atoms with Crippen LogP contribution in [0.5, 0.6) is 0 Å². The van der Waals surface area contributed by atoms with Crippen LogP contribution in [0.2, 0.25) is 5.02 Å². The first-order chi connectivity index (χ1) is 17.0. The van der Waals surface area contributed by atoms with Gasteiger partial charge in [0.2, 0.25) is 5.91 Å². The Hall–Kier alpha value is -3.88. The highest BCUT2D eigenvalue weighted by Gasteiger charge is 2.16. The average Bonchev–Trinajstić information content (AvgIpc) is 3.54. The number of hydrogen-bond acceptors (Lipinski definition) is 5. The molecule has 0 unspecified atom stereocenters. The quantitative estimate of drug-likeness (QED) is 0.356. The highest BCUT2D eigenvalue weighted by Crippen LogP contribution is 2.19. The molecule has 0 atom stereocenters. The van der Waals surface area contributed by atoms with Crippen molar-refractivity contribution in [2.24, 2.45) is 0 Å². The highest BCUT2D eigenvalue weighted by molar-refractivity contribution is 7.17. The molecule has 5 rings (SSSR count). The van der Waals surface area contributed by atoms with E-state index in [1.54, 1.807) is 70.8 Å². The van der Waals surface area contributed by atoms with Crippen LogP contribution in [0.15, 0.2) is 92.4 Å². The number of rotatable bonds is 7. The third-order valence-electron chi connectivity index (χ3n) is 5.58. The van der Waals surface area contributed by atoms with Crippen LogP contribution in [0.3, 0.4) is 0 Å². The molecule has 0 spiro atoms. The van der Waals surface area contributed by atoms with Crippen molar-refractivity contribution in [1.82, 2.24) is 14.5 Å². The largest absolute Gasteiger partial charge is 0.467 e. The first-order valence-electron chi connectivity index (χ1n) is 10.9. The summed E-state index contributed by atoms with van der Waals surface area (Å²) in [7, 11) is 0. The molecule has 5 aromatic rings. The third kappa shape index (κ3) is 4.84. The lowest BCUT2D eigenvalue weighted by atomic mass is 10.1. The number of furan rings is 1. The van der Waals surface area contributed by atoms with Crippen molar-refractivity contribution >= 4 is 39.1 Å². The van der Waals surface area contributed by atoms with E-state index in [0.29, 0.717) is 33.2 Å². The number of carbonyl (C=O) groups excluding carboxylic acids is 1. The van der Waals surface area contributed by atoms with Crippen molar-refractivity contribution in [3.63, 3.8) is 0 Å². The minimum Gasteiger partial charge on any atom is -0.467 e. The van der Waals surface area contributed by atoms with E-state index in [4.69, 9.17) is 16.0 Å². The van der Waals surface area contributed by atoms with Gasteiger partial charge in [-0.1, -0.05) is 35.9 Å². The summed E-state index contributed by atoms with van der Waals surface area (Å²) >= 11 is 7.42. The van der Waals surface area contributed by atoms with E-state index in [9.17, 15) is 14.4 Å². The zero-order valence-electron chi connectivity index (χ0n) is 18.4. The molecule has 0 saturated heterocycles. The number of amides is 1. The number of thiophene rings is 1. The Morgan fingerprint density at radius 3 is 2.57 bits per heavy atom. The fourth-order valence-electron chi connectivity index (χ4n) is 3.90. The van der Waals surface area contributed by atoms with Crippen LogP contribution in [-0.4, -0.2) is 15.0 Å². The molecule has 0 aliphatic carbocycles. The second-order valence-electron chi connectivity index (χ2n) is 7.97. The summed E-state index contributed by atoms with van der Waals surface area (Å²) in [5, 5.41) is 5.18. The van der Waals surface area contributed by atoms with Gasteiger partial charge < -0.3 is 9.73 Å². The summed E-state index contributed by atoms with van der Waals surface area (Å²) < 4.78 is 8.46. The number of fused-ring (bicyclic) bond motifs is 1. The van der Waals surface area contributed by atoms with Crippen molar-refractivity contribution in [1.29, 1.82) is 0 Å². The second kappa shape index (κ2) is 9.77. The Morgan fingerprint density at radius 1 is 1.00 bits per heavy atom. The molecule has 7 nitrogen and oxygen atoms in total. The zero-order valence-corrected chi connectivity index (χ0v) is 20.0. The van der Waals surface area contributed by atoms with Crippen molar-refractivity contribution < 1.29 is 9.21 Å². The summed E-state index contributed by atoms with van der Waals surface area (Å²) in [6, 6.07) is 19.5. The van der Waals surface area contributed by atoms with Gasteiger partial charge in [-0.25, -0.2) is 9.36 Å². The van der Waals surface area contributed by atoms with E-state index in [1.165, 1.54) is 15.9 Å². The standard InChI is InChI=1S/C26H20ClN3O4S/c27-19-4-1-3-18(13-19)16-29-22-10-12-35-24(22)25(32)30(26(29)33)20-8-6-17(7-9-20)14-23(31)28-15-21-5-2-11-34-21/h1-13H,14-16H2,(H,28,31). The summed E-state index contributed by atoms with van der Waals surface area (Å²) in [6.07, 6.45) is 1.72. The Morgan fingerprint density at radius 2 is 1.83 bits per heavy atom. The van der Waals surface area contributed by atoms with Gasteiger partial charge >= 0.3 is 5.69 Å². The molecule has 2 aromatic carbocycles. The van der Waals surface area contributed by atoms with E-state index in [0.717, 1.165) is 11.1 Å². The highest BCUT2D eigenvalue weighted by atomic mass is 35.5. The lowest BCUT2D eigenvalue weighted by molar-refractivity contribution is -0.120. The molecular weight excluding hydrogens is 486 g/mol. The van der Waals surface area contributed by atoms with Crippen LogP contribution in [0.1, 0.15) is 16.9 Å². The van der Waals surface area contributed by atoms with Crippen LogP contribution < -0.4 is 16.6 Å². The van der Waals surface area contributed by atoms with Gasteiger partial charge in [-0.05, 0) is 59.0 Å². The van der Waals surface area contributed by atoms with Crippen molar-refractivity contribution in [2.45, 2.75) is 19.5 Å². The SMILES string of the molecule is O=C(Cc1ccc(-n2c(=O)c3sccc3n(Cc3cccc(Cl)c3)c2=O)cc1)NCc1ccco1. The minimum absolute atomic E-state index is 0.157. The van der Waals surface area contributed by atoms with E-state index in [-0.39, 0.29) is 24.4 Å². The average molecular weight is 506 g/mol. The minimum atomic E-state index is -0.440. The van der Waals surface area contributed by atoms with Gasteiger partial charge in [-0.2, -0.15) is 0 Å². The van der Waals surface area contributed by atoms with Crippen LogP contribution in [0, 0.1) is 0 Å². The monoisotopic (exact) mass is 505 g/mol. The molecular formula is C26H20ClN3O4S. The Balaban J connectivity index is 1.44. The first kappa shape index (κ1) is 22.9. The van der Waals surface area contributed by atoms with Crippen molar-refractivity contribution in [3.05, 3.63) is 121 Å². The predicted molar refractivity (Wildman–Crippen MR) is 136 cm³/mol. The fraction of sp³-hybridized carbons (Fsp3) is 0.115. The number of halogens is 1. The van der Waals surface area contributed by atoms with Gasteiger partial charge in [0.05, 0.1) is 37.0 Å². The van der Waals surface area contributed by atoms with Gasteiger partial charge in [0, 0.05) is 5.02 Å². The lowest BCUT2D eigenvalue weighted by Gasteiger charge is -2.13. The predicted octanol–water partition coefficient (Wildman–Crippen LogP) is 4.37. The van der Waals surface area contributed by atoms with Gasteiger partial charge in [0.1, 0.15) is 10.5 Å². The normalized spacial score (nSPS) is 11.1. The Bertz CT molecular complexity index is 1620. The maximum atomic E-state index is 13.5. The molecule has 0 aliphatic rings.